The molecule has 1 aliphatic rings. The fourth-order valence-electron chi connectivity index (χ4n) is 2.14. The van der Waals surface area contributed by atoms with Gasteiger partial charge in [0.15, 0.2) is 0 Å². The van der Waals surface area contributed by atoms with E-state index in [-0.39, 0.29) is 0 Å². The maximum atomic E-state index is 5.62. The van der Waals surface area contributed by atoms with Crippen molar-refractivity contribution in [1.82, 2.24) is 0 Å². The van der Waals surface area contributed by atoms with Crippen LogP contribution < -0.4 is 10.1 Å². The first-order chi connectivity index (χ1) is 8.40. The van der Waals surface area contributed by atoms with Crippen LogP contribution >= 0.6 is 0 Å². The molecule has 0 radical (unpaired) electrons. The molecule has 17 heavy (non-hydrogen) atoms. The van der Waals surface area contributed by atoms with E-state index < -0.39 is 0 Å². The summed E-state index contributed by atoms with van der Waals surface area (Å²) in [4.78, 5) is 0. The molecule has 0 saturated carbocycles. The lowest BCUT2D eigenvalue weighted by molar-refractivity contribution is 0.144. The van der Waals surface area contributed by atoms with E-state index >= 15 is 0 Å². The van der Waals surface area contributed by atoms with Gasteiger partial charge in [-0.05, 0) is 38.3 Å². The zero-order valence-corrected chi connectivity index (χ0v) is 10.4. The highest BCUT2D eigenvalue weighted by Crippen LogP contribution is 2.26. The van der Waals surface area contributed by atoms with E-state index in [1.807, 2.05) is 25.1 Å². The molecule has 0 spiro atoms. The van der Waals surface area contributed by atoms with Crippen molar-refractivity contribution in [3.63, 3.8) is 0 Å². The predicted octanol–water partition coefficient (Wildman–Crippen LogP) is 3.07. The summed E-state index contributed by atoms with van der Waals surface area (Å²) in [5.41, 5.74) is 1.10. The van der Waals surface area contributed by atoms with E-state index in [0.29, 0.717) is 12.6 Å². The Morgan fingerprint density at radius 2 is 2.18 bits per heavy atom. The predicted molar refractivity (Wildman–Crippen MR) is 69.7 cm³/mol. The molecule has 0 aromatic heterocycles. The third kappa shape index (κ3) is 3.63. The minimum atomic E-state index is 0.499. The molecular weight excluding hydrogens is 214 g/mol. The molecule has 1 fully saturated rings. The monoisotopic (exact) mass is 235 g/mol. The van der Waals surface area contributed by atoms with Crippen LogP contribution in [0.25, 0.3) is 0 Å². The molecule has 1 aromatic rings. The summed E-state index contributed by atoms with van der Waals surface area (Å²) < 4.78 is 11.1. The Bertz CT molecular complexity index is 333. The first kappa shape index (κ1) is 12.2. The van der Waals surface area contributed by atoms with Gasteiger partial charge in [-0.2, -0.15) is 0 Å². The van der Waals surface area contributed by atoms with Gasteiger partial charge in [-0.1, -0.05) is 12.1 Å². The van der Waals surface area contributed by atoms with Crippen LogP contribution in [0.5, 0.6) is 5.75 Å². The molecule has 1 heterocycles. The van der Waals surface area contributed by atoms with E-state index in [0.717, 1.165) is 37.5 Å². The van der Waals surface area contributed by atoms with Crippen molar-refractivity contribution in [2.75, 3.05) is 25.1 Å². The van der Waals surface area contributed by atoms with Crippen LogP contribution in [0, 0.1) is 0 Å². The van der Waals surface area contributed by atoms with Gasteiger partial charge >= 0.3 is 0 Å². The fraction of sp³-hybridized carbons (Fsp3) is 0.571. The molecular formula is C14H21NO2. The first-order valence-corrected chi connectivity index (χ1v) is 6.46. The number of rotatable bonds is 4. The molecule has 0 bridgehead atoms. The summed E-state index contributed by atoms with van der Waals surface area (Å²) in [5, 5.41) is 3.57. The van der Waals surface area contributed by atoms with Crippen molar-refractivity contribution < 1.29 is 9.47 Å². The molecule has 1 atom stereocenters. The molecule has 3 heteroatoms. The number of benzene rings is 1. The molecule has 1 saturated heterocycles. The minimum Gasteiger partial charge on any atom is -0.492 e. The molecule has 1 N–H and O–H groups in total. The highest BCUT2D eigenvalue weighted by atomic mass is 16.5. The van der Waals surface area contributed by atoms with Crippen LogP contribution in [-0.4, -0.2) is 25.9 Å². The average molecular weight is 235 g/mol. The molecule has 3 nitrogen and oxygen atoms in total. The molecule has 1 aromatic carbocycles. The Hall–Kier alpha value is -1.22. The third-order valence-corrected chi connectivity index (χ3v) is 3.00. The number of hydrogen-bond donors (Lipinski definition) is 1. The molecule has 1 aliphatic heterocycles. The second kappa shape index (κ2) is 6.50. The van der Waals surface area contributed by atoms with Gasteiger partial charge in [0.2, 0.25) is 0 Å². The Kier molecular flexibility index (Phi) is 4.68. The van der Waals surface area contributed by atoms with Gasteiger partial charge in [-0.15, -0.1) is 0 Å². The summed E-state index contributed by atoms with van der Waals surface area (Å²) in [6, 6.07) is 8.64. The Morgan fingerprint density at radius 3 is 3.06 bits per heavy atom. The summed E-state index contributed by atoms with van der Waals surface area (Å²) in [5.74, 6) is 0.945. The SMILES string of the molecule is CCOc1ccccc1NC1CCCOCC1. The van der Waals surface area contributed by atoms with E-state index in [9.17, 15) is 0 Å². The summed E-state index contributed by atoms with van der Waals surface area (Å²) in [6.45, 7) is 4.46. The van der Waals surface area contributed by atoms with Crippen molar-refractivity contribution in [3.8, 4) is 5.75 Å². The Morgan fingerprint density at radius 1 is 1.29 bits per heavy atom. The number of nitrogens with one attached hydrogen (secondary N) is 1. The van der Waals surface area contributed by atoms with E-state index in [2.05, 4.69) is 11.4 Å². The van der Waals surface area contributed by atoms with Crippen molar-refractivity contribution >= 4 is 5.69 Å². The quantitative estimate of drug-likeness (QED) is 0.870. The zero-order valence-electron chi connectivity index (χ0n) is 10.4. The Labute approximate surface area is 103 Å². The van der Waals surface area contributed by atoms with Crippen LogP contribution in [0.4, 0.5) is 5.69 Å². The van der Waals surface area contributed by atoms with Gasteiger partial charge in [0, 0.05) is 19.3 Å². The van der Waals surface area contributed by atoms with Gasteiger partial charge in [0.1, 0.15) is 5.75 Å². The number of para-hydroxylation sites is 2. The van der Waals surface area contributed by atoms with Gasteiger partial charge in [0.25, 0.3) is 0 Å². The highest BCUT2D eigenvalue weighted by Gasteiger charge is 2.13. The smallest absolute Gasteiger partial charge is 0.142 e. The molecule has 0 amide bonds. The van der Waals surface area contributed by atoms with Gasteiger partial charge < -0.3 is 14.8 Å². The van der Waals surface area contributed by atoms with Crippen LogP contribution in [0.15, 0.2) is 24.3 Å². The number of hydrogen-bond acceptors (Lipinski definition) is 3. The first-order valence-electron chi connectivity index (χ1n) is 6.46. The number of ether oxygens (including phenoxy) is 2. The van der Waals surface area contributed by atoms with Gasteiger partial charge in [-0.25, -0.2) is 0 Å². The Balaban J connectivity index is 2.00. The largest absolute Gasteiger partial charge is 0.492 e. The maximum absolute atomic E-state index is 5.62. The summed E-state index contributed by atoms with van der Waals surface area (Å²) in [7, 11) is 0. The number of anilines is 1. The molecule has 94 valence electrons. The molecule has 2 rings (SSSR count). The van der Waals surface area contributed by atoms with Crippen LogP contribution in [0.1, 0.15) is 26.2 Å². The summed E-state index contributed by atoms with van der Waals surface area (Å²) in [6.07, 6.45) is 3.37. The summed E-state index contributed by atoms with van der Waals surface area (Å²) >= 11 is 0. The van der Waals surface area contributed by atoms with E-state index in [1.54, 1.807) is 0 Å². The average Bonchev–Trinajstić information content (AvgIpc) is 2.61. The lowest BCUT2D eigenvalue weighted by atomic mass is 10.1. The lowest BCUT2D eigenvalue weighted by Gasteiger charge is -2.19. The van der Waals surface area contributed by atoms with E-state index in [1.165, 1.54) is 6.42 Å². The van der Waals surface area contributed by atoms with Crippen LogP contribution in [0.2, 0.25) is 0 Å². The fourth-order valence-corrected chi connectivity index (χ4v) is 2.14. The van der Waals surface area contributed by atoms with Crippen LogP contribution in [0.3, 0.4) is 0 Å². The zero-order chi connectivity index (χ0) is 11.9. The lowest BCUT2D eigenvalue weighted by Crippen LogP contribution is -2.20. The maximum Gasteiger partial charge on any atom is 0.142 e. The third-order valence-electron chi connectivity index (χ3n) is 3.00. The second-order valence-electron chi connectivity index (χ2n) is 4.31. The molecule has 1 unspecified atom stereocenters. The van der Waals surface area contributed by atoms with Crippen LogP contribution in [-0.2, 0) is 4.74 Å². The normalized spacial score (nSPS) is 20.6. The topological polar surface area (TPSA) is 30.5 Å². The van der Waals surface area contributed by atoms with Crippen molar-refractivity contribution in [3.05, 3.63) is 24.3 Å². The van der Waals surface area contributed by atoms with Crippen molar-refractivity contribution in [1.29, 1.82) is 0 Å². The minimum absolute atomic E-state index is 0.499. The van der Waals surface area contributed by atoms with E-state index in [4.69, 9.17) is 9.47 Å². The standard InChI is InChI=1S/C14H21NO2/c1-2-17-14-8-4-3-7-13(14)15-12-6-5-10-16-11-9-12/h3-4,7-8,12,15H,2,5-6,9-11H2,1H3. The highest BCUT2D eigenvalue weighted by molar-refractivity contribution is 5.56. The van der Waals surface area contributed by atoms with Gasteiger partial charge in [-0.3, -0.25) is 0 Å². The van der Waals surface area contributed by atoms with Crippen molar-refractivity contribution in [2.45, 2.75) is 32.2 Å². The van der Waals surface area contributed by atoms with Crippen molar-refractivity contribution in [2.24, 2.45) is 0 Å². The molecule has 0 aliphatic carbocycles. The van der Waals surface area contributed by atoms with Gasteiger partial charge in [0.05, 0.1) is 12.3 Å². The second-order valence-corrected chi connectivity index (χ2v) is 4.31.